The molecule has 0 aromatic carbocycles. The van der Waals surface area contributed by atoms with Gasteiger partial charge in [0.25, 0.3) is 0 Å². The van der Waals surface area contributed by atoms with Gasteiger partial charge in [0, 0.05) is 43.0 Å². The summed E-state index contributed by atoms with van der Waals surface area (Å²) in [4.78, 5) is 33.8. The van der Waals surface area contributed by atoms with Crippen molar-refractivity contribution >= 4 is 28.3 Å². The molecule has 3 rings (SSSR count). The first kappa shape index (κ1) is 19.3. The number of anilines is 1. The van der Waals surface area contributed by atoms with Gasteiger partial charge in [-0.3, -0.25) is 19.4 Å². The van der Waals surface area contributed by atoms with Crippen molar-refractivity contribution in [2.24, 2.45) is 0 Å². The van der Waals surface area contributed by atoms with Gasteiger partial charge in [-0.25, -0.2) is 4.98 Å². The summed E-state index contributed by atoms with van der Waals surface area (Å²) in [5.74, 6) is 0.0489. The zero-order valence-corrected chi connectivity index (χ0v) is 16.9. The fourth-order valence-corrected chi connectivity index (χ4v) is 5.02. The zero-order valence-electron chi connectivity index (χ0n) is 16.1. The number of carbonyl (C=O) groups excluding carboxylic acids is 2. The number of likely N-dealkylation sites (N-methyl/N-ethyl adjacent to an activating group) is 1. The number of amides is 2. The third-order valence-corrected chi connectivity index (χ3v) is 6.75. The van der Waals surface area contributed by atoms with Crippen LogP contribution in [0.1, 0.15) is 36.8 Å². The summed E-state index contributed by atoms with van der Waals surface area (Å²) in [6.07, 6.45) is 3.06. The second kappa shape index (κ2) is 7.62. The van der Waals surface area contributed by atoms with E-state index >= 15 is 0 Å². The second-order valence-electron chi connectivity index (χ2n) is 7.69. The fourth-order valence-electron chi connectivity index (χ4n) is 4.19. The third kappa shape index (κ3) is 4.24. The molecule has 26 heavy (non-hydrogen) atoms. The Morgan fingerprint density at radius 1 is 1.31 bits per heavy atom. The van der Waals surface area contributed by atoms with E-state index in [0.717, 1.165) is 49.5 Å². The lowest BCUT2D eigenvalue weighted by Crippen LogP contribution is -2.51. The van der Waals surface area contributed by atoms with Crippen LogP contribution < -0.4 is 10.6 Å². The van der Waals surface area contributed by atoms with E-state index in [1.54, 1.807) is 6.92 Å². The smallest absolute Gasteiger partial charge is 0.240 e. The molecule has 2 N–H and O–H groups in total. The molecule has 1 spiro atoms. The average molecular weight is 380 g/mol. The number of aromatic nitrogens is 1. The average Bonchev–Trinajstić information content (AvgIpc) is 3.01. The first-order valence-corrected chi connectivity index (χ1v) is 10.0. The van der Waals surface area contributed by atoms with Gasteiger partial charge in [0.1, 0.15) is 0 Å². The molecule has 2 aliphatic rings. The highest BCUT2D eigenvalue weighted by Gasteiger charge is 2.45. The van der Waals surface area contributed by atoms with Crippen molar-refractivity contribution in [3.05, 3.63) is 10.6 Å². The number of rotatable bonds is 4. The lowest BCUT2D eigenvalue weighted by molar-refractivity contribution is -0.120. The lowest BCUT2D eigenvalue weighted by atomic mass is 9.84. The summed E-state index contributed by atoms with van der Waals surface area (Å²) in [5.41, 5.74) is 1.13. The number of likely N-dealkylation sites (tertiary alicyclic amines) is 2. The minimum atomic E-state index is 0.00518. The van der Waals surface area contributed by atoms with Crippen LogP contribution in [0.4, 0.5) is 5.13 Å². The first-order chi connectivity index (χ1) is 12.3. The van der Waals surface area contributed by atoms with Crippen LogP contribution in [-0.2, 0) is 9.59 Å². The molecule has 2 saturated heterocycles. The SMILES string of the molecule is CC(=O)NC1CN(C)C2(CCN(CC(=O)Nc3nc(C)c(C)s3)CC2)C1. The van der Waals surface area contributed by atoms with E-state index in [-0.39, 0.29) is 23.4 Å². The number of hydrogen-bond donors (Lipinski definition) is 2. The molecule has 1 unspecified atom stereocenters. The van der Waals surface area contributed by atoms with Crippen LogP contribution in [-0.4, -0.2) is 71.4 Å². The van der Waals surface area contributed by atoms with Gasteiger partial charge >= 0.3 is 0 Å². The summed E-state index contributed by atoms with van der Waals surface area (Å²) in [5, 5.41) is 6.66. The van der Waals surface area contributed by atoms with E-state index < -0.39 is 0 Å². The Hall–Kier alpha value is -1.51. The summed E-state index contributed by atoms with van der Waals surface area (Å²) < 4.78 is 0. The number of piperidine rings is 1. The van der Waals surface area contributed by atoms with Gasteiger partial charge in [-0.15, -0.1) is 11.3 Å². The van der Waals surface area contributed by atoms with E-state index in [0.29, 0.717) is 11.7 Å². The molecule has 144 valence electrons. The molecule has 0 aliphatic carbocycles. The minimum absolute atomic E-state index is 0.00518. The maximum absolute atomic E-state index is 12.3. The molecular formula is C18H29N5O2S. The fraction of sp³-hybridized carbons (Fsp3) is 0.722. The first-order valence-electron chi connectivity index (χ1n) is 9.22. The molecule has 0 bridgehead atoms. The van der Waals surface area contributed by atoms with Gasteiger partial charge in [0.2, 0.25) is 11.8 Å². The quantitative estimate of drug-likeness (QED) is 0.826. The summed E-state index contributed by atoms with van der Waals surface area (Å²) in [6.45, 7) is 8.67. The Kier molecular flexibility index (Phi) is 5.64. The van der Waals surface area contributed by atoms with Crippen LogP contribution in [0, 0.1) is 13.8 Å². The highest BCUT2D eigenvalue weighted by molar-refractivity contribution is 7.15. The molecule has 8 heteroatoms. The van der Waals surface area contributed by atoms with Crippen LogP contribution in [0.5, 0.6) is 0 Å². The van der Waals surface area contributed by atoms with Gasteiger partial charge in [0.05, 0.1) is 12.2 Å². The molecule has 2 fully saturated rings. The molecule has 7 nitrogen and oxygen atoms in total. The van der Waals surface area contributed by atoms with E-state index in [2.05, 4.69) is 32.5 Å². The van der Waals surface area contributed by atoms with E-state index in [1.165, 1.54) is 11.3 Å². The predicted octanol–water partition coefficient (Wildman–Crippen LogP) is 1.37. The number of carbonyl (C=O) groups is 2. The normalized spacial score (nSPS) is 23.3. The molecule has 2 aliphatic heterocycles. The van der Waals surface area contributed by atoms with Gasteiger partial charge in [-0.05, 0) is 40.2 Å². The van der Waals surface area contributed by atoms with E-state index in [4.69, 9.17) is 0 Å². The van der Waals surface area contributed by atoms with Gasteiger partial charge in [0.15, 0.2) is 5.13 Å². The Morgan fingerprint density at radius 3 is 2.58 bits per heavy atom. The predicted molar refractivity (Wildman–Crippen MR) is 103 cm³/mol. The van der Waals surface area contributed by atoms with Crippen LogP contribution in [0.3, 0.4) is 0 Å². The van der Waals surface area contributed by atoms with Crippen LogP contribution in [0.15, 0.2) is 0 Å². The lowest BCUT2D eigenvalue weighted by Gasteiger charge is -2.43. The maximum Gasteiger partial charge on any atom is 0.240 e. The standard InChI is InChI=1S/C18H29N5O2S/c1-12-13(2)26-17(19-12)21-16(25)11-23-7-5-18(6-8-23)9-15(10-22(18)4)20-14(3)24/h15H,5-11H2,1-4H3,(H,20,24)(H,19,21,25). The van der Waals surface area contributed by atoms with E-state index in [1.807, 2.05) is 13.8 Å². The van der Waals surface area contributed by atoms with E-state index in [9.17, 15) is 9.59 Å². The topological polar surface area (TPSA) is 77.6 Å². The summed E-state index contributed by atoms with van der Waals surface area (Å²) in [7, 11) is 2.15. The molecule has 3 heterocycles. The highest BCUT2D eigenvalue weighted by Crippen LogP contribution is 2.37. The Morgan fingerprint density at radius 2 is 2.00 bits per heavy atom. The summed E-state index contributed by atoms with van der Waals surface area (Å²) >= 11 is 1.52. The highest BCUT2D eigenvalue weighted by atomic mass is 32.1. The number of hydrogen-bond acceptors (Lipinski definition) is 6. The van der Waals surface area contributed by atoms with Crippen molar-refractivity contribution in [3.8, 4) is 0 Å². The molecule has 0 radical (unpaired) electrons. The number of aryl methyl sites for hydroxylation is 2. The maximum atomic E-state index is 12.3. The van der Waals surface area contributed by atoms with Gasteiger partial charge in [-0.1, -0.05) is 0 Å². The second-order valence-corrected chi connectivity index (χ2v) is 8.89. The van der Waals surface area contributed by atoms with Gasteiger partial charge < -0.3 is 10.6 Å². The van der Waals surface area contributed by atoms with Crippen molar-refractivity contribution < 1.29 is 9.59 Å². The molecule has 0 saturated carbocycles. The summed E-state index contributed by atoms with van der Waals surface area (Å²) in [6, 6.07) is 0.240. The Balaban J connectivity index is 1.49. The van der Waals surface area contributed by atoms with Crippen LogP contribution >= 0.6 is 11.3 Å². The Bertz CT molecular complexity index is 662. The minimum Gasteiger partial charge on any atom is -0.352 e. The zero-order chi connectivity index (χ0) is 18.9. The number of nitrogens with one attached hydrogen (secondary N) is 2. The Labute approximate surface area is 159 Å². The number of thiazole rings is 1. The number of nitrogens with zero attached hydrogens (tertiary/aromatic N) is 3. The molecular weight excluding hydrogens is 350 g/mol. The van der Waals surface area contributed by atoms with Crippen molar-refractivity contribution in [2.75, 3.05) is 38.5 Å². The monoisotopic (exact) mass is 379 g/mol. The largest absolute Gasteiger partial charge is 0.352 e. The molecule has 1 aromatic rings. The molecule has 2 amide bonds. The van der Waals surface area contributed by atoms with Gasteiger partial charge in [-0.2, -0.15) is 0 Å². The van der Waals surface area contributed by atoms with Crippen molar-refractivity contribution in [2.45, 2.75) is 51.6 Å². The van der Waals surface area contributed by atoms with Crippen LogP contribution in [0.25, 0.3) is 0 Å². The van der Waals surface area contributed by atoms with Crippen molar-refractivity contribution in [1.29, 1.82) is 0 Å². The van der Waals surface area contributed by atoms with Crippen molar-refractivity contribution in [3.63, 3.8) is 0 Å². The molecule has 1 aromatic heterocycles. The molecule has 1 atom stereocenters. The van der Waals surface area contributed by atoms with Crippen molar-refractivity contribution in [1.82, 2.24) is 20.1 Å². The van der Waals surface area contributed by atoms with Crippen LogP contribution in [0.2, 0.25) is 0 Å². The third-order valence-electron chi connectivity index (χ3n) is 5.77.